The van der Waals surface area contributed by atoms with E-state index < -0.39 is 0 Å². The minimum atomic E-state index is 0.467. The van der Waals surface area contributed by atoms with Gasteiger partial charge in [0, 0.05) is 0 Å². The van der Waals surface area contributed by atoms with E-state index in [1.165, 1.54) is 5.92 Å². The van der Waals surface area contributed by atoms with Gasteiger partial charge in [-0.1, -0.05) is 27.7 Å². The van der Waals surface area contributed by atoms with E-state index in [0.29, 0.717) is 6.10 Å². The standard InChI is InChI=1S/C9H19O/c1-5-9(6-2)10-7-8(3)4/h9H,5-7H2,1-4H3. The van der Waals surface area contributed by atoms with Crippen LogP contribution >= 0.6 is 0 Å². The van der Waals surface area contributed by atoms with Crippen LogP contribution in [0.5, 0.6) is 0 Å². The van der Waals surface area contributed by atoms with Gasteiger partial charge in [0.05, 0.1) is 12.7 Å². The topological polar surface area (TPSA) is 9.23 Å². The van der Waals surface area contributed by atoms with Crippen molar-refractivity contribution in [3.8, 4) is 0 Å². The molecule has 0 aromatic rings. The van der Waals surface area contributed by atoms with Crippen molar-refractivity contribution in [2.45, 2.75) is 46.6 Å². The second-order valence-corrected chi connectivity index (χ2v) is 2.96. The van der Waals surface area contributed by atoms with Gasteiger partial charge in [0.2, 0.25) is 0 Å². The molecule has 0 N–H and O–H groups in total. The first-order valence-electron chi connectivity index (χ1n) is 4.11. The molecule has 1 radical (unpaired) electrons. The van der Waals surface area contributed by atoms with Crippen molar-refractivity contribution in [3.63, 3.8) is 0 Å². The third kappa shape index (κ3) is 4.80. The van der Waals surface area contributed by atoms with Crippen LogP contribution in [0, 0.1) is 5.92 Å². The lowest BCUT2D eigenvalue weighted by atomic mass is 10.2. The molecule has 61 valence electrons. The number of hydrogen-bond acceptors (Lipinski definition) is 1. The highest BCUT2D eigenvalue weighted by molar-refractivity contribution is 4.76. The summed E-state index contributed by atoms with van der Waals surface area (Å²) < 4.78 is 5.56. The van der Waals surface area contributed by atoms with Gasteiger partial charge in [0.15, 0.2) is 0 Å². The van der Waals surface area contributed by atoms with Crippen molar-refractivity contribution in [1.29, 1.82) is 0 Å². The van der Waals surface area contributed by atoms with Crippen LogP contribution in [0.1, 0.15) is 40.5 Å². The van der Waals surface area contributed by atoms with E-state index in [1.54, 1.807) is 0 Å². The molecule has 0 aromatic carbocycles. The van der Waals surface area contributed by atoms with Gasteiger partial charge in [-0.25, -0.2) is 0 Å². The van der Waals surface area contributed by atoms with Gasteiger partial charge in [-0.2, -0.15) is 0 Å². The van der Waals surface area contributed by atoms with Gasteiger partial charge in [-0.3, -0.25) is 0 Å². The van der Waals surface area contributed by atoms with Gasteiger partial charge < -0.3 is 4.74 Å². The lowest BCUT2D eigenvalue weighted by Crippen LogP contribution is -2.13. The molecule has 0 rings (SSSR count). The van der Waals surface area contributed by atoms with E-state index in [1.807, 2.05) is 0 Å². The third-order valence-corrected chi connectivity index (χ3v) is 1.52. The number of hydrogen-bond donors (Lipinski definition) is 0. The van der Waals surface area contributed by atoms with Gasteiger partial charge in [0.25, 0.3) is 0 Å². The van der Waals surface area contributed by atoms with E-state index >= 15 is 0 Å². The zero-order chi connectivity index (χ0) is 7.98. The summed E-state index contributed by atoms with van der Waals surface area (Å²) >= 11 is 0. The Bertz CT molecular complexity index is 65.1. The van der Waals surface area contributed by atoms with Crippen molar-refractivity contribution >= 4 is 0 Å². The molecule has 0 heterocycles. The van der Waals surface area contributed by atoms with Gasteiger partial charge in [-0.05, 0) is 18.8 Å². The van der Waals surface area contributed by atoms with Gasteiger partial charge in [-0.15, -0.1) is 0 Å². The maximum atomic E-state index is 5.56. The molecule has 0 fully saturated rings. The zero-order valence-corrected chi connectivity index (χ0v) is 7.61. The Balaban J connectivity index is 3.26. The zero-order valence-electron chi connectivity index (χ0n) is 7.61. The van der Waals surface area contributed by atoms with Gasteiger partial charge in [0.1, 0.15) is 0 Å². The Morgan fingerprint density at radius 2 is 1.70 bits per heavy atom. The lowest BCUT2D eigenvalue weighted by Gasteiger charge is -2.14. The first-order chi connectivity index (χ1) is 4.70. The van der Waals surface area contributed by atoms with Crippen LogP contribution in [0.3, 0.4) is 0 Å². The quantitative estimate of drug-likeness (QED) is 0.575. The Labute approximate surface area is 64.8 Å². The van der Waals surface area contributed by atoms with Crippen LogP contribution < -0.4 is 0 Å². The van der Waals surface area contributed by atoms with Crippen LogP contribution in [0.15, 0.2) is 0 Å². The second-order valence-electron chi connectivity index (χ2n) is 2.96. The van der Waals surface area contributed by atoms with E-state index in [0.717, 1.165) is 19.4 Å². The summed E-state index contributed by atoms with van der Waals surface area (Å²) in [5, 5.41) is 0. The van der Waals surface area contributed by atoms with Crippen LogP contribution in [0.2, 0.25) is 0 Å². The van der Waals surface area contributed by atoms with Crippen LogP contribution in [-0.2, 0) is 4.74 Å². The van der Waals surface area contributed by atoms with E-state index in [4.69, 9.17) is 4.74 Å². The Kier molecular flexibility index (Phi) is 5.70. The number of ether oxygens (including phenoxy) is 1. The molecule has 0 aliphatic carbocycles. The first-order valence-corrected chi connectivity index (χ1v) is 4.11. The van der Waals surface area contributed by atoms with E-state index in [9.17, 15) is 0 Å². The fraction of sp³-hybridized carbons (Fsp3) is 0.889. The Morgan fingerprint density at radius 1 is 1.20 bits per heavy atom. The summed E-state index contributed by atoms with van der Waals surface area (Å²) in [7, 11) is 0. The predicted octanol–water partition coefficient (Wildman–Crippen LogP) is 2.81. The molecule has 0 aliphatic heterocycles. The molecule has 1 heteroatoms. The van der Waals surface area contributed by atoms with Crippen LogP contribution in [0.4, 0.5) is 0 Å². The summed E-state index contributed by atoms with van der Waals surface area (Å²) in [5.74, 6) is 1.35. The number of rotatable bonds is 5. The van der Waals surface area contributed by atoms with Crippen molar-refractivity contribution in [3.05, 3.63) is 5.92 Å². The summed E-state index contributed by atoms with van der Waals surface area (Å²) in [6.45, 7) is 9.36. The molecular formula is C9H19O. The fourth-order valence-electron chi connectivity index (χ4n) is 0.809. The normalized spacial score (nSPS) is 11.4. The van der Waals surface area contributed by atoms with Crippen molar-refractivity contribution in [2.24, 2.45) is 0 Å². The molecular weight excluding hydrogens is 124 g/mol. The van der Waals surface area contributed by atoms with E-state index in [-0.39, 0.29) is 0 Å². The summed E-state index contributed by atoms with van der Waals surface area (Å²) in [6.07, 6.45) is 2.72. The summed E-state index contributed by atoms with van der Waals surface area (Å²) in [6, 6.07) is 0. The smallest absolute Gasteiger partial charge is 0.0570 e. The van der Waals surface area contributed by atoms with Crippen LogP contribution in [0.25, 0.3) is 0 Å². The molecule has 0 atom stereocenters. The monoisotopic (exact) mass is 143 g/mol. The van der Waals surface area contributed by atoms with Gasteiger partial charge >= 0.3 is 0 Å². The van der Waals surface area contributed by atoms with Crippen molar-refractivity contribution < 1.29 is 4.74 Å². The van der Waals surface area contributed by atoms with Crippen molar-refractivity contribution in [1.82, 2.24) is 0 Å². The fourth-order valence-corrected chi connectivity index (χ4v) is 0.809. The molecule has 0 unspecified atom stereocenters. The molecule has 0 aliphatic rings. The molecule has 0 spiro atoms. The minimum absolute atomic E-state index is 0.467. The molecule has 0 aromatic heterocycles. The summed E-state index contributed by atoms with van der Waals surface area (Å²) in [5.41, 5.74) is 0. The predicted molar refractivity (Wildman–Crippen MR) is 44.9 cm³/mol. The molecule has 0 amide bonds. The highest BCUT2D eigenvalue weighted by atomic mass is 16.5. The minimum Gasteiger partial charge on any atom is -0.378 e. The molecule has 1 nitrogen and oxygen atoms in total. The average molecular weight is 143 g/mol. The highest BCUT2D eigenvalue weighted by Crippen LogP contribution is 2.05. The molecule has 0 saturated heterocycles. The third-order valence-electron chi connectivity index (χ3n) is 1.52. The Morgan fingerprint density at radius 3 is 2.00 bits per heavy atom. The molecule has 0 bridgehead atoms. The first kappa shape index (κ1) is 9.96. The van der Waals surface area contributed by atoms with E-state index in [2.05, 4.69) is 27.7 Å². The average Bonchev–Trinajstić information content (AvgIpc) is 1.90. The Hall–Kier alpha value is -0.0400. The SMILES string of the molecule is CCC(CC)OC[C](C)C. The van der Waals surface area contributed by atoms with Crippen molar-refractivity contribution in [2.75, 3.05) is 6.61 Å². The maximum absolute atomic E-state index is 5.56. The molecule has 10 heavy (non-hydrogen) atoms. The summed E-state index contributed by atoms with van der Waals surface area (Å²) in [4.78, 5) is 0. The maximum Gasteiger partial charge on any atom is 0.0570 e. The highest BCUT2D eigenvalue weighted by Gasteiger charge is 2.03. The van der Waals surface area contributed by atoms with Crippen LogP contribution in [-0.4, -0.2) is 12.7 Å². The second kappa shape index (κ2) is 5.72. The molecule has 0 saturated carbocycles. The lowest BCUT2D eigenvalue weighted by molar-refractivity contribution is 0.0563. The largest absolute Gasteiger partial charge is 0.378 e.